The quantitative estimate of drug-likeness (QED) is 0.561. The molecule has 1 saturated heterocycles. The highest BCUT2D eigenvalue weighted by Crippen LogP contribution is 2.28. The molecule has 1 aromatic rings. The summed E-state index contributed by atoms with van der Waals surface area (Å²) in [5.41, 5.74) is 1.30. The van der Waals surface area contributed by atoms with Crippen molar-refractivity contribution >= 4 is 0 Å². The SMILES string of the molecule is CC.c1ccc([C@H]2CO2)cc1. The van der Waals surface area contributed by atoms with Crippen molar-refractivity contribution in [3.8, 4) is 0 Å². The van der Waals surface area contributed by atoms with Gasteiger partial charge in [-0.15, -0.1) is 0 Å². The van der Waals surface area contributed by atoms with Crippen LogP contribution < -0.4 is 0 Å². The highest BCUT2D eigenvalue weighted by Gasteiger charge is 2.23. The van der Waals surface area contributed by atoms with Crippen LogP contribution in [0.4, 0.5) is 0 Å². The van der Waals surface area contributed by atoms with Crippen LogP contribution in [0.3, 0.4) is 0 Å². The largest absolute Gasteiger partial charge is 0.368 e. The molecule has 0 aromatic heterocycles. The van der Waals surface area contributed by atoms with Crippen molar-refractivity contribution in [3.05, 3.63) is 35.9 Å². The maximum absolute atomic E-state index is 5.09. The predicted octanol–water partition coefficient (Wildman–Crippen LogP) is 2.78. The molecule has 0 bridgehead atoms. The lowest BCUT2D eigenvalue weighted by Gasteiger charge is -1.89. The van der Waals surface area contributed by atoms with Gasteiger partial charge in [0, 0.05) is 0 Å². The second-order valence-electron chi connectivity index (χ2n) is 2.23. The molecule has 0 radical (unpaired) electrons. The summed E-state index contributed by atoms with van der Waals surface area (Å²) in [6, 6.07) is 10.3. The van der Waals surface area contributed by atoms with E-state index in [1.165, 1.54) is 5.56 Å². The van der Waals surface area contributed by atoms with Crippen LogP contribution in [0.2, 0.25) is 0 Å². The monoisotopic (exact) mass is 150 g/mol. The number of rotatable bonds is 1. The average Bonchev–Trinajstić information content (AvgIpc) is 2.92. The molecular weight excluding hydrogens is 136 g/mol. The minimum absolute atomic E-state index is 0.409. The van der Waals surface area contributed by atoms with E-state index in [0.29, 0.717) is 6.10 Å². The molecule has 1 aliphatic heterocycles. The van der Waals surface area contributed by atoms with Crippen LogP contribution in [-0.2, 0) is 4.74 Å². The molecule has 1 fully saturated rings. The van der Waals surface area contributed by atoms with E-state index in [9.17, 15) is 0 Å². The van der Waals surface area contributed by atoms with Crippen LogP contribution in [0.25, 0.3) is 0 Å². The second kappa shape index (κ2) is 4.14. The average molecular weight is 150 g/mol. The molecule has 0 amide bonds. The minimum Gasteiger partial charge on any atom is -0.368 e. The summed E-state index contributed by atoms with van der Waals surface area (Å²) in [5.74, 6) is 0. The van der Waals surface area contributed by atoms with E-state index in [1.807, 2.05) is 32.0 Å². The van der Waals surface area contributed by atoms with Crippen molar-refractivity contribution in [1.82, 2.24) is 0 Å². The van der Waals surface area contributed by atoms with Gasteiger partial charge in [0.05, 0.1) is 6.61 Å². The summed E-state index contributed by atoms with van der Waals surface area (Å²) < 4.78 is 5.09. The third-order valence-electron chi connectivity index (χ3n) is 1.50. The first kappa shape index (κ1) is 8.28. The van der Waals surface area contributed by atoms with Gasteiger partial charge in [0.15, 0.2) is 0 Å². The normalized spacial score (nSPS) is 20.0. The van der Waals surface area contributed by atoms with E-state index in [2.05, 4.69) is 12.1 Å². The zero-order valence-electron chi connectivity index (χ0n) is 7.08. The molecule has 0 saturated carbocycles. The van der Waals surface area contributed by atoms with Gasteiger partial charge < -0.3 is 4.74 Å². The number of hydrogen-bond donors (Lipinski definition) is 0. The molecular formula is C10H14O. The molecule has 0 N–H and O–H groups in total. The second-order valence-corrected chi connectivity index (χ2v) is 2.23. The van der Waals surface area contributed by atoms with Gasteiger partial charge in [-0.2, -0.15) is 0 Å². The number of ether oxygens (including phenoxy) is 1. The molecule has 1 aliphatic rings. The summed E-state index contributed by atoms with van der Waals surface area (Å²) in [4.78, 5) is 0. The number of epoxide rings is 1. The number of benzene rings is 1. The summed E-state index contributed by atoms with van der Waals surface area (Å²) >= 11 is 0. The Morgan fingerprint density at radius 1 is 1.18 bits per heavy atom. The zero-order valence-corrected chi connectivity index (χ0v) is 7.08. The van der Waals surface area contributed by atoms with Crippen molar-refractivity contribution in [2.24, 2.45) is 0 Å². The maximum atomic E-state index is 5.09. The molecule has 60 valence electrons. The Balaban J connectivity index is 0.000000281. The molecule has 1 nitrogen and oxygen atoms in total. The van der Waals surface area contributed by atoms with E-state index < -0.39 is 0 Å². The minimum atomic E-state index is 0.409. The lowest BCUT2D eigenvalue weighted by Crippen LogP contribution is -1.75. The molecule has 0 spiro atoms. The molecule has 2 rings (SSSR count). The molecule has 0 aliphatic carbocycles. The van der Waals surface area contributed by atoms with Gasteiger partial charge in [-0.05, 0) is 5.56 Å². The van der Waals surface area contributed by atoms with E-state index >= 15 is 0 Å². The Kier molecular flexibility index (Phi) is 3.12. The lowest BCUT2D eigenvalue weighted by atomic mass is 10.2. The molecule has 1 heterocycles. The molecule has 11 heavy (non-hydrogen) atoms. The fraction of sp³-hybridized carbons (Fsp3) is 0.400. The Morgan fingerprint density at radius 2 is 1.73 bits per heavy atom. The van der Waals surface area contributed by atoms with Gasteiger partial charge in [0.1, 0.15) is 6.10 Å². The Morgan fingerprint density at radius 3 is 2.18 bits per heavy atom. The maximum Gasteiger partial charge on any atom is 0.106 e. The van der Waals surface area contributed by atoms with Crippen LogP contribution >= 0.6 is 0 Å². The lowest BCUT2D eigenvalue weighted by molar-refractivity contribution is 0.415. The highest BCUT2D eigenvalue weighted by molar-refractivity contribution is 5.19. The third-order valence-corrected chi connectivity index (χ3v) is 1.50. The summed E-state index contributed by atoms with van der Waals surface area (Å²) in [6.45, 7) is 4.91. The zero-order chi connectivity index (χ0) is 8.10. The fourth-order valence-electron chi connectivity index (χ4n) is 0.908. The predicted molar refractivity (Wildman–Crippen MR) is 46.5 cm³/mol. The first-order valence-electron chi connectivity index (χ1n) is 4.13. The van der Waals surface area contributed by atoms with Crippen molar-refractivity contribution in [1.29, 1.82) is 0 Å². The van der Waals surface area contributed by atoms with E-state index in [-0.39, 0.29) is 0 Å². The summed E-state index contributed by atoms with van der Waals surface area (Å²) in [5, 5.41) is 0. The van der Waals surface area contributed by atoms with Crippen molar-refractivity contribution in [2.45, 2.75) is 20.0 Å². The van der Waals surface area contributed by atoms with E-state index in [1.54, 1.807) is 0 Å². The van der Waals surface area contributed by atoms with Gasteiger partial charge in [0.25, 0.3) is 0 Å². The summed E-state index contributed by atoms with van der Waals surface area (Å²) in [7, 11) is 0. The fourth-order valence-corrected chi connectivity index (χ4v) is 0.908. The van der Waals surface area contributed by atoms with Crippen molar-refractivity contribution in [3.63, 3.8) is 0 Å². The van der Waals surface area contributed by atoms with Crippen molar-refractivity contribution < 1.29 is 4.74 Å². The molecule has 1 heteroatoms. The smallest absolute Gasteiger partial charge is 0.106 e. The van der Waals surface area contributed by atoms with Crippen LogP contribution in [0.15, 0.2) is 30.3 Å². The van der Waals surface area contributed by atoms with Crippen LogP contribution in [-0.4, -0.2) is 6.61 Å². The van der Waals surface area contributed by atoms with Gasteiger partial charge in [-0.3, -0.25) is 0 Å². The van der Waals surface area contributed by atoms with Gasteiger partial charge in [-0.25, -0.2) is 0 Å². The first-order chi connectivity index (χ1) is 5.47. The Bertz CT molecular complexity index is 189. The Labute approximate surface area is 68.0 Å². The summed E-state index contributed by atoms with van der Waals surface area (Å²) in [6.07, 6.45) is 0.409. The molecule has 1 atom stereocenters. The van der Waals surface area contributed by atoms with Gasteiger partial charge in [-0.1, -0.05) is 44.2 Å². The Hall–Kier alpha value is -0.820. The topological polar surface area (TPSA) is 12.5 Å². The van der Waals surface area contributed by atoms with Crippen LogP contribution in [0, 0.1) is 0 Å². The van der Waals surface area contributed by atoms with Crippen LogP contribution in [0.1, 0.15) is 25.5 Å². The van der Waals surface area contributed by atoms with Crippen molar-refractivity contribution in [2.75, 3.05) is 6.61 Å². The van der Waals surface area contributed by atoms with Gasteiger partial charge in [0.2, 0.25) is 0 Å². The first-order valence-corrected chi connectivity index (χ1v) is 4.13. The molecule has 1 aromatic carbocycles. The third kappa shape index (κ3) is 2.35. The molecule has 0 unspecified atom stereocenters. The van der Waals surface area contributed by atoms with E-state index in [0.717, 1.165) is 6.61 Å². The van der Waals surface area contributed by atoms with Gasteiger partial charge >= 0.3 is 0 Å². The van der Waals surface area contributed by atoms with E-state index in [4.69, 9.17) is 4.74 Å². The highest BCUT2D eigenvalue weighted by atomic mass is 16.6. The van der Waals surface area contributed by atoms with Crippen LogP contribution in [0.5, 0.6) is 0 Å². The standard InChI is InChI=1S/C8H8O.C2H6/c1-2-4-7(5-3-1)8-6-9-8;1-2/h1-5,8H,6H2;1-2H3/t8-;/m1./s1. The number of hydrogen-bond acceptors (Lipinski definition) is 1.